The zero-order valence-corrected chi connectivity index (χ0v) is 11.7. The minimum atomic E-state index is -1.06. The Morgan fingerprint density at radius 2 is 2.10 bits per heavy atom. The van der Waals surface area contributed by atoms with Crippen LogP contribution in [0.4, 0.5) is 5.82 Å². The number of fused-ring (bicyclic) bond motifs is 1. The third-order valence-corrected chi connectivity index (χ3v) is 3.13. The van der Waals surface area contributed by atoms with Gasteiger partial charge in [-0.05, 0) is 12.8 Å². The van der Waals surface area contributed by atoms with Crippen molar-refractivity contribution in [2.75, 3.05) is 5.32 Å². The molecule has 1 fully saturated rings. The van der Waals surface area contributed by atoms with E-state index in [0.29, 0.717) is 23.5 Å². The van der Waals surface area contributed by atoms with Crippen LogP contribution in [0.15, 0.2) is 6.07 Å². The molecule has 0 saturated heterocycles. The summed E-state index contributed by atoms with van der Waals surface area (Å²) < 4.78 is 1.59. The van der Waals surface area contributed by atoms with Gasteiger partial charge in [-0.2, -0.15) is 9.50 Å². The van der Waals surface area contributed by atoms with Gasteiger partial charge >= 0.3 is 5.97 Å². The van der Waals surface area contributed by atoms with E-state index in [2.05, 4.69) is 20.4 Å². The quantitative estimate of drug-likeness (QED) is 0.885. The molecular weight excluding hydrogens is 258 g/mol. The smallest absolute Gasteiger partial charge is 0.354 e. The van der Waals surface area contributed by atoms with Gasteiger partial charge in [0, 0.05) is 17.5 Å². The molecule has 0 unspecified atom stereocenters. The van der Waals surface area contributed by atoms with Crippen LogP contribution < -0.4 is 5.32 Å². The van der Waals surface area contributed by atoms with Gasteiger partial charge in [-0.1, -0.05) is 20.8 Å². The molecule has 0 bridgehead atoms. The van der Waals surface area contributed by atoms with E-state index in [1.165, 1.54) is 6.07 Å². The second kappa shape index (κ2) is 4.16. The number of hydrogen-bond acceptors (Lipinski definition) is 5. The molecule has 0 radical (unpaired) electrons. The molecule has 0 aromatic carbocycles. The standard InChI is InChI=1S/C13H17N5O2/c1-13(2,3)11-16-12-15-8(10(19)20)6-9(18(12)17-11)14-7-4-5-7/h6-7,14H,4-5H2,1-3H3,(H,19,20). The van der Waals surface area contributed by atoms with Crippen LogP contribution in [0.1, 0.15) is 49.9 Å². The van der Waals surface area contributed by atoms with Crippen LogP contribution in [0, 0.1) is 0 Å². The molecule has 106 valence electrons. The fourth-order valence-electron chi connectivity index (χ4n) is 1.84. The highest BCUT2D eigenvalue weighted by Crippen LogP contribution is 2.26. The van der Waals surface area contributed by atoms with Gasteiger partial charge in [0.2, 0.25) is 0 Å². The van der Waals surface area contributed by atoms with Crippen LogP contribution in [-0.2, 0) is 5.41 Å². The number of carboxylic acids is 1. The molecule has 20 heavy (non-hydrogen) atoms. The highest BCUT2D eigenvalue weighted by molar-refractivity contribution is 5.86. The van der Waals surface area contributed by atoms with Crippen molar-refractivity contribution in [2.45, 2.75) is 45.1 Å². The Hall–Kier alpha value is -2.18. The van der Waals surface area contributed by atoms with Gasteiger partial charge in [-0.3, -0.25) is 0 Å². The number of aromatic carboxylic acids is 1. The first kappa shape index (κ1) is 12.8. The van der Waals surface area contributed by atoms with Crippen LogP contribution in [0.2, 0.25) is 0 Å². The Morgan fingerprint density at radius 3 is 2.65 bits per heavy atom. The summed E-state index contributed by atoms with van der Waals surface area (Å²) in [7, 11) is 0. The number of carbonyl (C=O) groups is 1. The zero-order valence-electron chi connectivity index (χ0n) is 11.7. The molecular formula is C13H17N5O2. The molecule has 3 rings (SSSR count). The molecule has 1 aliphatic rings. The van der Waals surface area contributed by atoms with Crippen LogP contribution in [-0.4, -0.2) is 36.7 Å². The summed E-state index contributed by atoms with van der Waals surface area (Å²) in [6.07, 6.45) is 2.18. The maximum absolute atomic E-state index is 11.2. The van der Waals surface area contributed by atoms with Crippen molar-refractivity contribution < 1.29 is 9.90 Å². The molecule has 1 saturated carbocycles. The third-order valence-electron chi connectivity index (χ3n) is 3.13. The van der Waals surface area contributed by atoms with Crippen molar-refractivity contribution in [1.82, 2.24) is 19.6 Å². The van der Waals surface area contributed by atoms with Gasteiger partial charge in [-0.25, -0.2) is 9.78 Å². The Bertz CT molecular complexity index is 682. The summed E-state index contributed by atoms with van der Waals surface area (Å²) in [6, 6.07) is 1.90. The number of hydrogen-bond donors (Lipinski definition) is 2. The van der Waals surface area contributed by atoms with Gasteiger partial charge in [0.25, 0.3) is 5.78 Å². The molecule has 0 aliphatic heterocycles. The number of nitrogens with one attached hydrogen (secondary N) is 1. The van der Waals surface area contributed by atoms with Crippen molar-refractivity contribution in [3.8, 4) is 0 Å². The van der Waals surface area contributed by atoms with Crippen molar-refractivity contribution in [3.63, 3.8) is 0 Å². The van der Waals surface area contributed by atoms with E-state index in [1.807, 2.05) is 20.8 Å². The molecule has 2 N–H and O–H groups in total. The van der Waals surface area contributed by atoms with E-state index in [0.717, 1.165) is 12.8 Å². The van der Waals surface area contributed by atoms with Crippen molar-refractivity contribution in [3.05, 3.63) is 17.6 Å². The van der Waals surface area contributed by atoms with Gasteiger partial charge < -0.3 is 10.4 Å². The molecule has 0 spiro atoms. The Labute approximate surface area is 116 Å². The Balaban J connectivity index is 2.16. The van der Waals surface area contributed by atoms with Gasteiger partial charge in [0.05, 0.1) is 0 Å². The zero-order chi connectivity index (χ0) is 14.5. The van der Waals surface area contributed by atoms with Crippen molar-refractivity contribution >= 4 is 17.6 Å². The third kappa shape index (κ3) is 2.31. The molecule has 0 atom stereocenters. The lowest BCUT2D eigenvalue weighted by Gasteiger charge is -2.11. The summed E-state index contributed by atoms with van der Waals surface area (Å²) in [5.74, 6) is 0.536. The Kier molecular flexibility index (Phi) is 2.67. The van der Waals surface area contributed by atoms with E-state index in [4.69, 9.17) is 5.11 Å². The highest BCUT2D eigenvalue weighted by atomic mass is 16.4. The average Bonchev–Trinajstić information content (AvgIpc) is 3.03. The fourth-order valence-corrected chi connectivity index (χ4v) is 1.84. The highest BCUT2D eigenvalue weighted by Gasteiger charge is 2.26. The molecule has 0 amide bonds. The normalized spacial score (nSPS) is 15.6. The molecule has 7 heteroatoms. The van der Waals surface area contributed by atoms with Gasteiger partial charge in [0.15, 0.2) is 11.5 Å². The fraction of sp³-hybridized carbons (Fsp3) is 0.538. The van der Waals surface area contributed by atoms with Gasteiger partial charge in [-0.15, -0.1) is 5.10 Å². The first-order valence-electron chi connectivity index (χ1n) is 6.63. The van der Waals surface area contributed by atoms with Crippen molar-refractivity contribution in [1.29, 1.82) is 0 Å². The summed E-state index contributed by atoms with van der Waals surface area (Å²) in [4.78, 5) is 19.6. The van der Waals surface area contributed by atoms with Crippen LogP contribution in [0.3, 0.4) is 0 Å². The van der Waals surface area contributed by atoms with Gasteiger partial charge in [0.1, 0.15) is 5.82 Å². The predicted octanol–water partition coefficient (Wildman–Crippen LogP) is 1.69. The number of rotatable bonds is 3. The summed E-state index contributed by atoms with van der Waals surface area (Å²) in [6.45, 7) is 6.02. The lowest BCUT2D eigenvalue weighted by atomic mass is 9.96. The molecule has 2 aromatic rings. The minimum absolute atomic E-state index is 0.0199. The van der Waals surface area contributed by atoms with Crippen LogP contribution >= 0.6 is 0 Å². The molecule has 7 nitrogen and oxygen atoms in total. The first-order valence-corrected chi connectivity index (χ1v) is 6.63. The number of nitrogens with zero attached hydrogens (tertiary/aromatic N) is 4. The molecule has 1 aliphatic carbocycles. The second-order valence-electron chi connectivity index (χ2n) is 6.15. The number of aromatic nitrogens is 4. The summed E-state index contributed by atoms with van der Waals surface area (Å²) in [5.41, 5.74) is -0.234. The van der Waals surface area contributed by atoms with Crippen LogP contribution in [0.25, 0.3) is 5.78 Å². The number of carboxylic acid groups (broad SMARTS) is 1. The summed E-state index contributed by atoms with van der Waals surface area (Å²) in [5, 5.41) is 16.9. The SMILES string of the molecule is CC(C)(C)c1nc2nc(C(=O)O)cc(NC3CC3)n2n1. The maximum atomic E-state index is 11.2. The lowest BCUT2D eigenvalue weighted by Crippen LogP contribution is -2.14. The van der Waals surface area contributed by atoms with E-state index in [1.54, 1.807) is 4.52 Å². The van der Waals surface area contributed by atoms with E-state index in [9.17, 15) is 4.79 Å². The largest absolute Gasteiger partial charge is 0.477 e. The predicted molar refractivity (Wildman–Crippen MR) is 73.1 cm³/mol. The monoisotopic (exact) mass is 275 g/mol. The van der Waals surface area contributed by atoms with E-state index in [-0.39, 0.29) is 11.1 Å². The minimum Gasteiger partial charge on any atom is -0.477 e. The molecule has 2 heterocycles. The maximum Gasteiger partial charge on any atom is 0.354 e. The van der Waals surface area contributed by atoms with E-state index < -0.39 is 5.97 Å². The average molecular weight is 275 g/mol. The molecule has 2 aromatic heterocycles. The Morgan fingerprint density at radius 1 is 1.40 bits per heavy atom. The number of anilines is 1. The summed E-state index contributed by atoms with van der Waals surface area (Å²) >= 11 is 0. The topological polar surface area (TPSA) is 92.4 Å². The second-order valence-corrected chi connectivity index (χ2v) is 6.15. The van der Waals surface area contributed by atoms with Crippen LogP contribution in [0.5, 0.6) is 0 Å². The van der Waals surface area contributed by atoms with E-state index >= 15 is 0 Å². The lowest BCUT2D eigenvalue weighted by molar-refractivity contribution is 0.0690. The first-order chi connectivity index (χ1) is 9.34. The van der Waals surface area contributed by atoms with Crippen molar-refractivity contribution in [2.24, 2.45) is 0 Å².